The Hall–Kier alpha value is -6.90. The van der Waals surface area contributed by atoms with Crippen LogP contribution in [0.25, 0.3) is 66.1 Å². The van der Waals surface area contributed by atoms with Crippen LogP contribution in [-0.2, 0) is 21.7 Å². The molecule has 0 spiro atoms. The van der Waals surface area contributed by atoms with Crippen LogP contribution in [0.4, 0.5) is 0 Å². The molecule has 2 nitrogen and oxygen atoms in total. The van der Waals surface area contributed by atoms with Crippen molar-refractivity contribution in [2.75, 3.05) is 0 Å². The SMILES string of the molecule is CC1(C)c2ccccc2Oc2c1ccc1c2-c2ccc(-c3ccc4cc5cc(-c6ccc7c(c6)C(C)(C)c6ccc8c(c6-7)Oc6ccccc6C8(C)C)ccc5cc4c3)cc2C1(C)C. The lowest BCUT2D eigenvalue weighted by Gasteiger charge is -2.36. The predicted molar refractivity (Wildman–Crippen MR) is 265 cm³/mol. The van der Waals surface area contributed by atoms with Gasteiger partial charge < -0.3 is 9.47 Å². The maximum Gasteiger partial charge on any atom is 0.139 e. The van der Waals surface area contributed by atoms with Crippen molar-refractivity contribution in [3.63, 3.8) is 0 Å². The van der Waals surface area contributed by atoms with Gasteiger partial charge in [0.25, 0.3) is 0 Å². The second-order valence-electron chi connectivity index (χ2n) is 20.9. The number of benzene rings is 9. The first kappa shape index (κ1) is 37.6. The normalized spacial score (nSPS) is 16.9. The maximum atomic E-state index is 6.80. The molecule has 0 fully saturated rings. The Labute approximate surface area is 376 Å². The van der Waals surface area contributed by atoms with Crippen LogP contribution in [0.5, 0.6) is 23.0 Å². The minimum Gasteiger partial charge on any atom is -0.456 e. The van der Waals surface area contributed by atoms with Crippen LogP contribution < -0.4 is 9.47 Å². The van der Waals surface area contributed by atoms with Crippen molar-refractivity contribution < 1.29 is 9.47 Å². The Morgan fingerprint density at radius 1 is 0.281 bits per heavy atom. The molecular weight excluding hydrogens is 777 g/mol. The summed E-state index contributed by atoms with van der Waals surface area (Å²) in [6, 6.07) is 59.1. The largest absolute Gasteiger partial charge is 0.456 e. The monoisotopic (exact) mass is 826 g/mol. The highest BCUT2D eigenvalue weighted by atomic mass is 16.5. The molecule has 2 aliphatic carbocycles. The van der Waals surface area contributed by atoms with Crippen LogP contribution in [0.15, 0.2) is 158 Å². The molecule has 2 heteroatoms. The van der Waals surface area contributed by atoms with Crippen LogP contribution in [0.2, 0.25) is 0 Å². The van der Waals surface area contributed by atoms with Crippen molar-refractivity contribution in [2.45, 2.75) is 77.0 Å². The molecule has 310 valence electrons. The van der Waals surface area contributed by atoms with Crippen molar-refractivity contribution >= 4 is 21.5 Å². The summed E-state index contributed by atoms with van der Waals surface area (Å²) in [6.45, 7) is 18.7. The quantitative estimate of drug-likeness (QED) is 0.162. The fourth-order valence-corrected chi connectivity index (χ4v) is 12.2. The van der Waals surface area contributed by atoms with E-state index in [9.17, 15) is 0 Å². The molecule has 0 N–H and O–H groups in total. The lowest BCUT2D eigenvalue weighted by Crippen LogP contribution is -2.25. The van der Waals surface area contributed by atoms with E-state index in [1.54, 1.807) is 0 Å². The van der Waals surface area contributed by atoms with E-state index in [-0.39, 0.29) is 21.7 Å². The average molecular weight is 827 g/mol. The maximum absolute atomic E-state index is 6.80. The highest BCUT2D eigenvalue weighted by molar-refractivity contribution is 6.02. The lowest BCUT2D eigenvalue weighted by molar-refractivity contribution is 0.418. The van der Waals surface area contributed by atoms with Crippen LogP contribution in [-0.4, -0.2) is 0 Å². The van der Waals surface area contributed by atoms with Gasteiger partial charge in [0.1, 0.15) is 23.0 Å². The molecule has 13 rings (SSSR count). The van der Waals surface area contributed by atoms with Crippen LogP contribution in [0.1, 0.15) is 99.9 Å². The zero-order valence-corrected chi connectivity index (χ0v) is 37.8. The third-order valence-electron chi connectivity index (χ3n) is 15.9. The first-order valence-corrected chi connectivity index (χ1v) is 22.9. The van der Waals surface area contributed by atoms with Gasteiger partial charge in [-0.05, 0) is 126 Å². The number of fused-ring (bicyclic) bond motifs is 14. The third kappa shape index (κ3) is 4.92. The summed E-state index contributed by atoms with van der Waals surface area (Å²) < 4.78 is 13.6. The van der Waals surface area contributed by atoms with Crippen molar-refractivity contribution in [1.82, 2.24) is 0 Å². The van der Waals surface area contributed by atoms with Gasteiger partial charge in [-0.1, -0.05) is 165 Å². The Morgan fingerprint density at radius 3 is 1.08 bits per heavy atom. The summed E-state index contributed by atoms with van der Waals surface area (Å²) in [5.74, 6) is 3.94. The van der Waals surface area contributed by atoms with Crippen LogP contribution in [0, 0.1) is 0 Å². The summed E-state index contributed by atoms with van der Waals surface area (Å²) >= 11 is 0. The minimum atomic E-state index is -0.165. The van der Waals surface area contributed by atoms with Crippen LogP contribution in [0.3, 0.4) is 0 Å². The Kier molecular flexibility index (Phi) is 7.30. The van der Waals surface area contributed by atoms with Crippen molar-refractivity contribution in [1.29, 1.82) is 0 Å². The van der Waals surface area contributed by atoms with Crippen molar-refractivity contribution in [3.05, 3.63) is 202 Å². The van der Waals surface area contributed by atoms with E-state index in [1.807, 2.05) is 0 Å². The van der Waals surface area contributed by atoms with Gasteiger partial charge in [0, 0.05) is 55.0 Å². The summed E-state index contributed by atoms with van der Waals surface area (Å²) in [4.78, 5) is 0. The molecule has 9 aromatic carbocycles. The topological polar surface area (TPSA) is 18.5 Å². The van der Waals surface area contributed by atoms with E-state index >= 15 is 0 Å². The van der Waals surface area contributed by atoms with Crippen molar-refractivity contribution in [3.8, 4) is 67.5 Å². The Morgan fingerprint density at radius 2 is 0.641 bits per heavy atom. The molecule has 0 bridgehead atoms. The first-order valence-electron chi connectivity index (χ1n) is 22.9. The molecular formula is C62H50O2. The van der Waals surface area contributed by atoms with Gasteiger partial charge >= 0.3 is 0 Å². The molecule has 64 heavy (non-hydrogen) atoms. The third-order valence-corrected chi connectivity index (χ3v) is 15.9. The van der Waals surface area contributed by atoms with E-state index in [4.69, 9.17) is 9.47 Å². The number of rotatable bonds is 2. The van der Waals surface area contributed by atoms with Crippen LogP contribution >= 0.6 is 0 Å². The summed E-state index contributed by atoms with van der Waals surface area (Å²) in [6.07, 6.45) is 0. The molecule has 0 amide bonds. The molecule has 0 saturated carbocycles. The molecule has 0 saturated heterocycles. The minimum absolute atomic E-state index is 0.155. The van der Waals surface area contributed by atoms with Gasteiger partial charge in [-0.2, -0.15) is 0 Å². The molecule has 0 atom stereocenters. The standard InChI is InChI=1S/C62H50O2/c1-59(2)45-13-9-11-15-53(45)63-57-49(59)27-25-47-55(57)43-23-21-39(33-51(43)61(47,5)6)35-17-19-37-32-42-30-36(18-20-38(42)31-41(37)29-35)40-22-24-44-52(34-40)62(7,8)48-26-28-50-58(56(44)48)64-54-16-12-10-14-46(54)60(50,3)4/h9-34H,1-8H3. The second kappa shape index (κ2) is 12.4. The van der Waals surface area contributed by atoms with Gasteiger partial charge in [-0.3, -0.25) is 0 Å². The molecule has 0 aromatic heterocycles. The van der Waals surface area contributed by atoms with E-state index in [0.29, 0.717) is 0 Å². The van der Waals surface area contributed by atoms with Gasteiger partial charge in [-0.15, -0.1) is 0 Å². The van der Waals surface area contributed by atoms with Gasteiger partial charge in [0.2, 0.25) is 0 Å². The number of hydrogen-bond acceptors (Lipinski definition) is 2. The highest BCUT2D eigenvalue weighted by Crippen LogP contribution is 2.61. The summed E-state index contributed by atoms with van der Waals surface area (Å²) in [7, 11) is 0. The highest BCUT2D eigenvalue weighted by Gasteiger charge is 2.45. The molecule has 4 aliphatic rings. The number of para-hydroxylation sites is 2. The molecule has 0 unspecified atom stereocenters. The van der Waals surface area contributed by atoms with Gasteiger partial charge in [-0.25, -0.2) is 0 Å². The molecule has 0 radical (unpaired) electrons. The van der Waals surface area contributed by atoms with E-state index < -0.39 is 0 Å². The fraction of sp³-hybridized carbons (Fsp3) is 0.194. The number of hydrogen-bond donors (Lipinski definition) is 0. The molecule has 9 aromatic rings. The molecule has 2 aliphatic heterocycles. The zero-order valence-electron chi connectivity index (χ0n) is 37.8. The summed E-state index contributed by atoms with van der Waals surface area (Å²) in [5, 5.41) is 4.98. The zero-order chi connectivity index (χ0) is 43.7. The Bertz CT molecular complexity index is 3320. The number of ether oxygens (including phenoxy) is 2. The Balaban J connectivity index is 0.840. The van der Waals surface area contributed by atoms with E-state index in [1.165, 1.54) is 111 Å². The van der Waals surface area contributed by atoms with E-state index in [0.717, 1.165) is 23.0 Å². The lowest BCUT2D eigenvalue weighted by atomic mass is 9.74. The summed E-state index contributed by atoms with van der Waals surface area (Å²) in [5.41, 5.74) is 19.7. The molecule has 2 heterocycles. The predicted octanol–water partition coefficient (Wildman–Crippen LogP) is 16.8. The fourth-order valence-electron chi connectivity index (χ4n) is 12.2. The second-order valence-corrected chi connectivity index (χ2v) is 20.9. The van der Waals surface area contributed by atoms with Gasteiger partial charge in [0.05, 0.1) is 0 Å². The van der Waals surface area contributed by atoms with E-state index in [2.05, 4.69) is 213 Å². The average Bonchev–Trinajstić information content (AvgIpc) is 3.67. The van der Waals surface area contributed by atoms with Crippen molar-refractivity contribution in [2.24, 2.45) is 0 Å². The van der Waals surface area contributed by atoms with Gasteiger partial charge in [0.15, 0.2) is 0 Å². The first-order chi connectivity index (χ1) is 30.7. The smallest absolute Gasteiger partial charge is 0.139 e.